The molecule has 1 atom stereocenters. The van der Waals surface area contributed by atoms with Gasteiger partial charge in [0.1, 0.15) is 0 Å². The standard InChI is InChI=1S/C14H19N/c1-2-10-15-14(3-1)13-8-6-12(7-9-13)11-4-5-11/h6-9,11,14-15H,1-5,10H2. The number of hydrogen-bond donors (Lipinski definition) is 1. The molecule has 1 saturated carbocycles. The van der Waals surface area contributed by atoms with Gasteiger partial charge in [-0.3, -0.25) is 0 Å². The molecule has 1 aliphatic heterocycles. The second-order valence-electron chi connectivity index (χ2n) is 4.94. The first-order chi connectivity index (χ1) is 7.43. The molecule has 1 N–H and O–H groups in total. The molecule has 1 unspecified atom stereocenters. The summed E-state index contributed by atoms with van der Waals surface area (Å²) in [6.07, 6.45) is 6.84. The van der Waals surface area contributed by atoms with E-state index in [1.807, 2.05) is 0 Å². The molecule has 1 heterocycles. The van der Waals surface area contributed by atoms with Crippen LogP contribution in [0.4, 0.5) is 0 Å². The molecule has 0 spiro atoms. The van der Waals surface area contributed by atoms with E-state index in [9.17, 15) is 0 Å². The zero-order valence-corrected chi connectivity index (χ0v) is 9.21. The second kappa shape index (κ2) is 3.97. The largest absolute Gasteiger partial charge is 0.310 e. The first-order valence-corrected chi connectivity index (χ1v) is 6.27. The van der Waals surface area contributed by atoms with Crippen molar-refractivity contribution in [3.63, 3.8) is 0 Å². The van der Waals surface area contributed by atoms with Crippen molar-refractivity contribution >= 4 is 0 Å². The Bertz CT molecular complexity index is 318. The maximum absolute atomic E-state index is 3.60. The van der Waals surface area contributed by atoms with Crippen LogP contribution in [0.25, 0.3) is 0 Å². The lowest BCUT2D eigenvalue weighted by molar-refractivity contribution is 0.412. The Balaban J connectivity index is 1.73. The van der Waals surface area contributed by atoms with E-state index in [1.165, 1.54) is 44.2 Å². The third kappa shape index (κ3) is 2.07. The maximum Gasteiger partial charge on any atom is 0.0320 e. The summed E-state index contributed by atoms with van der Waals surface area (Å²) in [5.74, 6) is 0.887. The summed E-state index contributed by atoms with van der Waals surface area (Å²) < 4.78 is 0. The fraction of sp³-hybridized carbons (Fsp3) is 0.571. The van der Waals surface area contributed by atoms with Gasteiger partial charge in [-0.2, -0.15) is 0 Å². The number of nitrogens with one attached hydrogen (secondary N) is 1. The molecule has 80 valence electrons. The monoisotopic (exact) mass is 201 g/mol. The van der Waals surface area contributed by atoms with Crippen LogP contribution in [0.15, 0.2) is 24.3 Å². The van der Waals surface area contributed by atoms with E-state index in [0.29, 0.717) is 6.04 Å². The molecule has 0 bridgehead atoms. The topological polar surface area (TPSA) is 12.0 Å². The minimum atomic E-state index is 0.618. The molecular formula is C14H19N. The highest BCUT2D eigenvalue weighted by Crippen LogP contribution is 2.40. The lowest BCUT2D eigenvalue weighted by Crippen LogP contribution is -2.26. The van der Waals surface area contributed by atoms with Gasteiger partial charge in [-0.05, 0) is 49.3 Å². The summed E-state index contributed by atoms with van der Waals surface area (Å²) in [4.78, 5) is 0. The highest BCUT2D eigenvalue weighted by atomic mass is 14.9. The molecule has 1 aromatic carbocycles. The van der Waals surface area contributed by atoms with Gasteiger partial charge in [0.25, 0.3) is 0 Å². The van der Waals surface area contributed by atoms with Crippen LogP contribution in [0.2, 0.25) is 0 Å². The molecule has 1 aliphatic carbocycles. The van der Waals surface area contributed by atoms with Crippen LogP contribution in [-0.2, 0) is 0 Å². The number of piperidine rings is 1. The minimum absolute atomic E-state index is 0.618. The van der Waals surface area contributed by atoms with Crippen LogP contribution in [-0.4, -0.2) is 6.54 Å². The lowest BCUT2D eigenvalue weighted by atomic mass is 9.96. The summed E-state index contributed by atoms with van der Waals surface area (Å²) in [6.45, 7) is 1.19. The van der Waals surface area contributed by atoms with E-state index in [0.717, 1.165) is 5.92 Å². The molecule has 1 saturated heterocycles. The van der Waals surface area contributed by atoms with E-state index < -0.39 is 0 Å². The van der Waals surface area contributed by atoms with Gasteiger partial charge in [0.15, 0.2) is 0 Å². The van der Waals surface area contributed by atoms with Crippen molar-refractivity contribution in [2.24, 2.45) is 0 Å². The molecule has 3 rings (SSSR count). The Morgan fingerprint density at radius 3 is 2.20 bits per heavy atom. The average molecular weight is 201 g/mol. The van der Waals surface area contributed by atoms with E-state index in [-0.39, 0.29) is 0 Å². The van der Waals surface area contributed by atoms with E-state index in [1.54, 1.807) is 5.56 Å². The molecule has 2 fully saturated rings. The predicted molar refractivity (Wildman–Crippen MR) is 63.0 cm³/mol. The van der Waals surface area contributed by atoms with E-state index in [4.69, 9.17) is 0 Å². The highest BCUT2D eigenvalue weighted by molar-refractivity contribution is 5.29. The van der Waals surface area contributed by atoms with Crippen molar-refractivity contribution in [1.82, 2.24) is 5.32 Å². The predicted octanol–water partition coefficient (Wildman–Crippen LogP) is 3.38. The number of rotatable bonds is 2. The average Bonchev–Trinajstić information content (AvgIpc) is 3.15. The fourth-order valence-corrected chi connectivity index (χ4v) is 2.55. The van der Waals surface area contributed by atoms with Crippen molar-refractivity contribution in [2.45, 2.75) is 44.1 Å². The van der Waals surface area contributed by atoms with Crippen molar-refractivity contribution in [3.05, 3.63) is 35.4 Å². The molecule has 1 nitrogen and oxygen atoms in total. The van der Waals surface area contributed by atoms with Gasteiger partial charge in [-0.1, -0.05) is 30.7 Å². The summed E-state index contributed by atoms with van der Waals surface area (Å²) in [6, 6.07) is 9.95. The van der Waals surface area contributed by atoms with E-state index in [2.05, 4.69) is 29.6 Å². The van der Waals surface area contributed by atoms with Crippen LogP contribution in [0, 0.1) is 0 Å². The van der Waals surface area contributed by atoms with Crippen LogP contribution in [0.5, 0.6) is 0 Å². The molecule has 1 aromatic rings. The summed E-state index contributed by atoms with van der Waals surface area (Å²) in [5.41, 5.74) is 3.04. The van der Waals surface area contributed by atoms with Crippen LogP contribution >= 0.6 is 0 Å². The summed E-state index contributed by atoms with van der Waals surface area (Å²) in [7, 11) is 0. The first kappa shape index (κ1) is 9.41. The zero-order chi connectivity index (χ0) is 10.1. The Morgan fingerprint density at radius 2 is 1.60 bits per heavy atom. The molecule has 0 radical (unpaired) electrons. The van der Waals surface area contributed by atoms with Gasteiger partial charge in [-0.25, -0.2) is 0 Å². The van der Waals surface area contributed by atoms with Crippen molar-refractivity contribution in [2.75, 3.05) is 6.54 Å². The Hall–Kier alpha value is -0.820. The van der Waals surface area contributed by atoms with Gasteiger partial charge in [0.05, 0.1) is 0 Å². The smallest absolute Gasteiger partial charge is 0.0320 e. The Kier molecular flexibility index (Phi) is 2.49. The van der Waals surface area contributed by atoms with Gasteiger partial charge in [0, 0.05) is 6.04 Å². The van der Waals surface area contributed by atoms with Crippen molar-refractivity contribution < 1.29 is 0 Å². The van der Waals surface area contributed by atoms with E-state index >= 15 is 0 Å². The zero-order valence-electron chi connectivity index (χ0n) is 9.21. The molecule has 15 heavy (non-hydrogen) atoms. The Morgan fingerprint density at radius 1 is 0.867 bits per heavy atom. The van der Waals surface area contributed by atoms with Crippen molar-refractivity contribution in [1.29, 1.82) is 0 Å². The van der Waals surface area contributed by atoms with Gasteiger partial charge in [-0.15, -0.1) is 0 Å². The number of benzene rings is 1. The highest BCUT2D eigenvalue weighted by Gasteiger charge is 2.23. The first-order valence-electron chi connectivity index (χ1n) is 6.27. The van der Waals surface area contributed by atoms with Gasteiger partial charge in [0.2, 0.25) is 0 Å². The normalized spacial score (nSPS) is 26.5. The molecule has 1 heteroatoms. The molecular weight excluding hydrogens is 182 g/mol. The van der Waals surface area contributed by atoms with Gasteiger partial charge < -0.3 is 5.32 Å². The summed E-state index contributed by atoms with van der Waals surface area (Å²) >= 11 is 0. The maximum atomic E-state index is 3.60. The molecule has 2 aliphatic rings. The summed E-state index contributed by atoms with van der Waals surface area (Å²) in [5, 5.41) is 3.60. The Labute approximate surface area is 91.9 Å². The second-order valence-corrected chi connectivity index (χ2v) is 4.94. The SMILES string of the molecule is c1cc(C2CCCCN2)ccc1C1CC1. The lowest BCUT2D eigenvalue weighted by Gasteiger charge is -2.23. The fourth-order valence-electron chi connectivity index (χ4n) is 2.55. The quantitative estimate of drug-likeness (QED) is 0.773. The van der Waals surface area contributed by atoms with Gasteiger partial charge >= 0.3 is 0 Å². The third-order valence-electron chi connectivity index (χ3n) is 3.70. The molecule has 0 amide bonds. The molecule has 0 aromatic heterocycles. The minimum Gasteiger partial charge on any atom is -0.310 e. The van der Waals surface area contributed by atoms with Crippen LogP contribution in [0.1, 0.15) is 55.2 Å². The van der Waals surface area contributed by atoms with Crippen LogP contribution < -0.4 is 5.32 Å². The van der Waals surface area contributed by atoms with Crippen molar-refractivity contribution in [3.8, 4) is 0 Å². The number of hydrogen-bond acceptors (Lipinski definition) is 1. The third-order valence-corrected chi connectivity index (χ3v) is 3.70. The van der Waals surface area contributed by atoms with Crippen LogP contribution in [0.3, 0.4) is 0 Å².